The molecule has 0 fully saturated rings. The van der Waals surface area contributed by atoms with Gasteiger partial charge >= 0.3 is 35.5 Å². The maximum absolute atomic E-state index is 10.8. The van der Waals surface area contributed by atoms with Gasteiger partial charge in [0, 0.05) is 0 Å². The molecule has 0 aromatic carbocycles. The summed E-state index contributed by atoms with van der Waals surface area (Å²) in [6.07, 6.45) is 1.26. The molecule has 0 unspecified atom stereocenters. The van der Waals surface area contributed by atoms with E-state index in [0.29, 0.717) is 10.1 Å². The fraction of sp³-hybridized carbons (Fsp3) is 0. The van der Waals surface area contributed by atoms with E-state index in [9.17, 15) is 4.79 Å². The quantitative estimate of drug-likeness (QED) is 0.724. The third-order valence-electron chi connectivity index (χ3n) is 1.77. The summed E-state index contributed by atoms with van der Waals surface area (Å²) in [7, 11) is 0. The number of carboxylic acid groups (broad SMARTS) is 1. The van der Waals surface area contributed by atoms with Crippen LogP contribution in [0.2, 0.25) is 0 Å². The number of anilines is 1. The summed E-state index contributed by atoms with van der Waals surface area (Å²) in [5.74, 6) is -0.919. The molecule has 74 valence electrons. The molecule has 0 aliphatic carbocycles. The average Bonchev–Trinajstić information content (AvgIpc) is 2.46. The molecular formula is C7H6BrN4NaO2. The zero-order valence-corrected chi connectivity index (χ0v) is 8.39. The Labute approximate surface area is 115 Å². The summed E-state index contributed by atoms with van der Waals surface area (Å²) in [4.78, 5) is 14.6. The third kappa shape index (κ3) is 2.00. The molecule has 15 heavy (non-hydrogen) atoms. The van der Waals surface area contributed by atoms with Gasteiger partial charge in [0.25, 0.3) is 0 Å². The Hall–Kier alpha value is -0.630. The van der Waals surface area contributed by atoms with Gasteiger partial charge in [0.15, 0.2) is 5.82 Å². The van der Waals surface area contributed by atoms with Crippen LogP contribution in [-0.4, -0.2) is 55.2 Å². The zero-order valence-electron chi connectivity index (χ0n) is 6.81. The Bertz CT molecular complexity index is 527. The van der Waals surface area contributed by atoms with E-state index >= 15 is 0 Å². The molecule has 0 aliphatic heterocycles. The Morgan fingerprint density at radius 2 is 2.27 bits per heavy atom. The molecule has 8 heteroatoms. The molecule has 0 radical (unpaired) electrons. The second-order valence-electron chi connectivity index (χ2n) is 2.59. The van der Waals surface area contributed by atoms with Crippen LogP contribution < -0.4 is 5.73 Å². The predicted octanol–water partition coefficient (Wildman–Crippen LogP) is 0.124. The summed E-state index contributed by atoms with van der Waals surface area (Å²) < 4.78 is 1.91. The van der Waals surface area contributed by atoms with Gasteiger partial charge in [0.2, 0.25) is 0 Å². The van der Waals surface area contributed by atoms with Crippen molar-refractivity contribution >= 4 is 62.8 Å². The van der Waals surface area contributed by atoms with Gasteiger partial charge in [0.1, 0.15) is 16.4 Å². The average molecular weight is 281 g/mol. The molecule has 0 amide bonds. The number of rotatable bonds is 1. The predicted molar refractivity (Wildman–Crippen MR) is 59.2 cm³/mol. The minimum atomic E-state index is -1.06. The summed E-state index contributed by atoms with van der Waals surface area (Å²) >= 11 is 3.17. The number of carboxylic acids is 1. The van der Waals surface area contributed by atoms with Gasteiger partial charge < -0.3 is 10.8 Å². The third-order valence-corrected chi connectivity index (χ3v) is 2.33. The summed E-state index contributed by atoms with van der Waals surface area (Å²) in [5, 5.41) is 12.7. The van der Waals surface area contributed by atoms with Crippen molar-refractivity contribution in [1.82, 2.24) is 14.6 Å². The van der Waals surface area contributed by atoms with Gasteiger partial charge in [-0.05, 0) is 22.0 Å². The Morgan fingerprint density at radius 3 is 2.87 bits per heavy atom. The summed E-state index contributed by atoms with van der Waals surface area (Å²) in [5.41, 5.74) is 5.93. The molecule has 0 saturated carbocycles. The number of nitrogens with zero attached hydrogens (tertiary/aromatic N) is 3. The normalized spacial score (nSPS) is 9.93. The Morgan fingerprint density at radius 1 is 1.60 bits per heavy atom. The van der Waals surface area contributed by atoms with Crippen molar-refractivity contribution in [3.05, 3.63) is 22.6 Å². The molecule has 0 spiro atoms. The first-order valence-corrected chi connectivity index (χ1v) is 4.41. The topological polar surface area (TPSA) is 93.5 Å². The van der Waals surface area contributed by atoms with Crippen LogP contribution in [0.15, 0.2) is 17.0 Å². The fourth-order valence-corrected chi connectivity index (χ4v) is 1.69. The zero-order chi connectivity index (χ0) is 10.3. The van der Waals surface area contributed by atoms with Crippen LogP contribution in [0.1, 0.15) is 10.4 Å². The molecule has 0 bridgehead atoms. The molecular weight excluding hydrogens is 275 g/mol. The summed E-state index contributed by atoms with van der Waals surface area (Å²) in [6, 6.07) is 1.43. The van der Waals surface area contributed by atoms with Crippen LogP contribution in [0, 0.1) is 0 Å². The van der Waals surface area contributed by atoms with Crippen LogP contribution >= 0.6 is 15.9 Å². The van der Waals surface area contributed by atoms with E-state index in [-0.39, 0.29) is 40.9 Å². The number of carbonyl (C=O) groups is 1. The molecule has 3 N–H and O–H groups in total. The standard InChI is InChI=1S/C7H5BrN4O2.Na.H/c8-4-1-3(7(13)14)5-6(9)10-2-11-12(4)5;;/h1-2H,(H,13,14)(H2,9,10,11);;. The minimum absolute atomic E-state index is 0. The second-order valence-corrected chi connectivity index (χ2v) is 3.40. The van der Waals surface area contributed by atoms with Crippen molar-refractivity contribution in [2.75, 3.05) is 5.73 Å². The molecule has 2 heterocycles. The van der Waals surface area contributed by atoms with Crippen molar-refractivity contribution < 1.29 is 9.90 Å². The Balaban J connectivity index is 0.00000112. The monoisotopic (exact) mass is 280 g/mol. The van der Waals surface area contributed by atoms with Gasteiger partial charge in [0.05, 0.1) is 5.56 Å². The van der Waals surface area contributed by atoms with Gasteiger partial charge in [-0.3, -0.25) is 0 Å². The van der Waals surface area contributed by atoms with Crippen LogP contribution in [0.5, 0.6) is 0 Å². The van der Waals surface area contributed by atoms with Gasteiger partial charge in [-0.1, -0.05) is 0 Å². The number of halogens is 1. The molecule has 0 atom stereocenters. The van der Waals surface area contributed by atoms with Gasteiger partial charge in [-0.25, -0.2) is 14.3 Å². The SMILES string of the molecule is Nc1ncnn2c(Br)cc(C(=O)O)c12.[NaH]. The van der Waals surface area contributed by atoms with Crippen molar-refractivity contribution in [3.63, 3.8) is 0 Å². The number of hydrogen-bond acceptors (Lipinski definition) is 4. The van der Waals surface area contributed by atoms with E-state index in [1.165, 1.54) is 16.9 Å². The van der Waals surface area contributed by atoms with Crippen molar-refractivity contribution in [2.24, 2.45) is 0 Å². The van der Waals surface area contributed by atoms with Crippen molar-refractivity contribution in [2.45, 2.75) is 0 Å². The van der Waals surface area contributed by atoms with Crippen LogP contribution in [0.4, 0.5) is 5.82 Å². The van der Waals surface area contributed by atoms with E-state index in [1.807, 2.05) is 0 Å². The number of nitrogens with two attached hydrogens (primary N) is 1. The summed E-state index contributed by atoms with van der Waals surface area (Å²) in [6.45, 7) is 0. The molecule has 0 aliphatic rings. The molecule has 2 aromatic heterocycles. The van der Waals surface area contributed by atoms with Crippen LogP contribution in [0.25, 0.3) is 5.52 Å². The van der Waals surface area contributed by atoms with E-state index in [0.717, 1.165) is 0 Å². The van der Waals surface area contributed by atoms with Crippen LogP contribution in [-0.2, 0) is 0 Å². The first-order chi connectivity index (χ1) is 6.61. The van der Waals surface area contributed by atoms with E-state index < -0.39 is 5.97 Å². The number of aromatic nitrogens is 3. The Kier molecular flexibility index (Phi) is 3.72. The molecule has 2 aromatic rings. The van der Waals surface area contributed by atoms with Crippen molar-refractivity contribution in [3.8, 4) is 0 Å². The van der Waals surface area contributed by atoms with Gasteiger partial charge in [-0.15, -0.1) is 0 Å². The van der Waals surface area contributed by atoms with E-state index in [4.69, 9.17) is 10.8 Å². The first-order valence-electron chi connectivity index (χ1n) is 3.62. The van der Waals surface area contributed by atoms with Crippen LogP contribution in [0.3, 0.4) is 0 Å². The fourth-order valence-electron chi connectivity index (χ4n) is 1.19. The molecule has 0 saturated heterocycles. The number of aromatic carboxylic acids is 1. The van der Waals surface area contributed by atoms with Crippen molar-refractivity contribution in [1.29, 1.82) is 0 Å². The maximum atomic E-state index is 10.8. The molecule has 2 rings (SSSR count). The van der Waals surface area contributed by atoms with E-state index in [2.05, 4.69) is 26.0 Å². The van der Waals surface area contributed by atoms with E-state index in [1.54, 1.807) is 0 Å². The first kappa shape index (κ1) is 12.4. The number of nitrogen functional groups attached to an aromatic ring is 1. The van der Waals surface area contributed by atoms with Gasteiger partial charge in [-0.2, -0.15) is 5.10 Å². The number of hydrogen-bond donors (Lipinski definition) is 2. The molecule has 6 nitrogen and oxygen atoms in total. The number of fused-ring (bicyclic) bond motifs is 1. The second kappa shape index (κ2) is 4.48.